The molecule has 3 aromatic carbocycles. The van der Waals surface area contributed by atoms with Gasteiger partial charge in [-0.1, -0.05) is 44.2 Å². The largest absolute Gasteiger partial charge is 0.497 e. The maximum atomic E-state index is 14.0. The monoisotopic (exact) mass is 581 g/mol. The first kappa shape index (κ1) is 31.5. The molecule has 0 spiro atoms. The number of benzene rings is 3. The molecule has 0 fully saturated rings. The molecule has 0 saturated carbocycles. The average Bonchev–Trinajstić information content (AvgIpc) is 2.98. The van der Waals surface area contributed by atoms with E-state index in [9.17, 15) is 18.0 Å². The van der Waals surface area contributed by atoms with Crippen LogP contribution in [0.2, 0.25) is 0 Å². The fraction of sp³-hybridized carbons (Fsp3) is 0.355. The summed E-state index contributed by atoms with van der Waals surface area (Å²) >= 11 is 0. The van der Waals surface area contributed by atoms with E-state index in [1.807, 2.05) is 32.9 Å². The summed E-state index contributed by atoms with van der Waals surface area (Å²) < 4.78 is 39.5. The number of rotatable bonds is 14. The van der Waals surface area contributed by atoms with Gasteiger partial charge < -0.3 is 19.7 Å². The minimum atomic E-state index is -4.13. The van der Waals surface area contributed by atoms with Crippen LogP contribution >= 0.6 is 0 Å². The van der Waals surface area contributed by atoms with Crippen LogP contribution in [0.3, 0.4) is 0 Å². The minimum Gasteiger partial charge on any atom is -0.497 e. The molecule has 0 bridgehead atoms. The topological polar surface area (TPSA) is 105 Å². The molecule has 3 rings (SSSR count). The summed E-state index contributed by atoms with van der Waals surface area (Å²) in [6, 6.07) is 20.8. The molecular weight excluding hydrogens is 542 g/mol. The summed E-state index contributed by atoms with van der Waals surface area (Å²) in [6.07, 6.45) is 0. The Kier molecular flexibility index (Phi) is 11.2. The third kappa shape index (κ3) is 8.47. The van der Waals surface area contributed by atoms with Crippen molar-refractivity contribution in [2.75, 3.05) is 31.1 Å². The molecule has 9 nitrogen and oxygen atoms in total. The summed E-state index contributed by atoms with van der Waals surface area (Å²) in [5, 5.41) is 2.88. The highest BCUT2D eigenvalue weighted by atomic mass is 32.2. The number of carbonyl (C=O) groups is 2. The average molecular weight is 582 g/mol. The third-order valence-electron chi connectivity index (χ3n) is 6.41. The van der Waals surface area contributed by atoms with Crippen LogP contribution in [-0.4, -0.2) is 58.0 Å². The van der Waals surface area contributed by atoms with Gasteiger partial charge in [-0.3, -0.25) is 13.9 Å². The zero-order valence-electron chi connectivity index (χ0n) is 24.2. The number of sulfonamides is 1. The fourth-order valence-electron chi connectivity index (χ4n) is 4.09. The Bertz CT molecular complexity index is 1380. The molecule has 0 aromatic heterocycles. The summed E-state index contributed by atoms with van der Waals surface area (Å²) in [5.41, 5.74) is 1.06. The molecule has 1 N–H and O–H groups in total. The number of anilines is 1. The second kappa shape index (κ2) is 14.5. The van der Waals surface area contributed by atoms with E-state index < -0.39 is 28.5 Å². The van der Waals surface area contributed by atoms with Gasteiger partial charge in [-0.2, -0.15) is 0 Å². The molecule has 220 valence electrons. The lowest BCUT2D eigenvalue weighted by molar-refractivity contribution is -0.139. The number of nitrogens with zero attached hydrogens (tertiary/aromatic N) is 2. The third-order valence-corrected chi connectivity index (χ3v) is 8.20. The second-order valence-corrected chi connectivity index (χ2v) is 11.8. The molecule has 0 heterocycles. The summed E-state index contributed by atoms with van der Waals surface area (Å²) in [7, 11) is -2.57. The zero-order chi connectivity index (χ0) is 30.0. The molecule has 41 heavy (non-hydrogen) atoms. The van der Waals surface area contributed by atoms with Gasteiger partial charge in [0.05, 0.1) is 24.3 Å². The normalized spacial score (nSPS) is 12.0. The molecule has 0 radical (unpaired) electrons. The molecule has 1 atom stereocenters. The van der Waals surface area contributed by atoms with Crippen LogP contribution in [0, 0.1) is 5.92 Å². The van der Waals surface area contributed by atoms with Gasteiger partial charge in [0.15, 0.2) is 0 Å². The van der Waals surface area contributed by atoms with Gasteiger partial charge in [-0.05, 0) is 73.9 Å². The highest BCUT2D eigenvalue weighted by Gasteiger charge is 2.32. The molecule has 0 aliphatic rings. The summed E-state index contributed by atoms with van der Waals surface area (Å²) in [6.45, 7) is 7.96. The first-order chi connectivity index (χ1) is 19.6. The number of ether oxygens (including phenoxy) is 2. The van der Waals surface area contributed by atoms with E-state index in [-0.39, 0.29) is 23.3 Å². The number of hydrogen-bond donors (Lipinski definition) is 1. The van der Waals surface area contributed by atoms with Crippen molar-refractivity contribution in [3.8, 4) is 11.5 Å². The van der Waals surface area contributed by atoms with E-state index in [0.29, 0.717) is 30.3 Å². The SMILES string of the molecule is CCOc1ccc(N(CC(=O)N(Cc2ccc(OC)cc2)[C@@H](C)C(=O)NCC(C)C)S(=O)(=O)c2ccccc2)cc1. The Morgan fingerprint density at radius 2 is 1.49 bits per heavy atom. The minimum absolute atomic E-state index is 0.0473. The zero-order valence-corrected chi connectivity index (χ0v) is 25.1. The van der Waals surface area contributed by atoms with Gasteiger partial charge in [0.1, 0.15) is 24.1 Å². The van der Waals surface area contributed by atoms with Crippen LogP contribution in [0.5, 0.6) is 11.5 Å². The maximum Gasteiger partial charge on any atom is 0.264 e. The van der Waals surface area contributed by atoms with Crippen molar-refractivity contribution in [1.29, 1.82) is 0 Å². The lowest BCUT2D eigenvalue weighted by atomic mass is 10.1. The number of methoxy groups -OCH3 is 1. The summed E-state index contributed by atoms with van der Waals surface area (Å²) in [5.74, 6) is 0.616. The van der Waals surface area contributed by atoms with Crippen molar-refractivity contribution >= 4 is 27.5 Å². The van der Waals surface area contributed by atoms with Gasteiger partial charge in [-0.15, -0.1) is 0 Å². The van der Waals surface area contributed by atoms with Gasteiger partial charge in [0.25, 0.3) is 10.0 Å². The Balaban J connectivity index is 1.99. The Morgan fingerprint density at radius 1 is 0.878 bits per heavy atom. The molecule has 0 saturated heterocycles. The molecular formula is C31H39N3O6S. The van der Waals surface area contributed by atoms with Crippen molar-refractivity contribution in [1.82, 2.24) is 10.2 Å². The Hall–Kier alpha value is -4.05. The second-order valence-electron chi connectivity index (χ2n) is 9.94. The van der Waals surface area contributed by atoms with Crippen molar-refractivity contribution in [2.24, 2.45) is 5.92 Å². The highest BCUT2D eigenvalue weighted by molar-refractivity contribution is 7.92. The molecule has 10 heteroatoms. The van der Waals surface area contributed by atoms with Crippen molar-refractivity contribution in [2.45, 2.75) is 45.2 Å². The predicted molar refractivity (Wildman–Crippen MR) is 159 cm³/mol. The van der Waals surface area contributed by atoms with Crippen LogP contribution in [0.25, 0.3) is 0 Å². The van der Waals surface area contributed by atoms with E-state index in [2.05, 4.69) is 5.32 Å². The van der Waals surface area contributed by atoms with Crippen molar-refractivity contribution in [3.05, 3.63) is 84.4 Å². The van der Waals surface area contributed by atoms with Crippen LogP contribution < -0.4 is 19.1 Å². The summed E-state index contributed by atoms with van der Waals surface area (Å²) in [4.78, 5) is 28.5. The first-order valence-electron chi connectivity index (χ1n) is 13.6. The first-order valence-corrected chi connectivity index (χ1v) is 15.0. The molecule has 0 unspecified atom stereocenters. The Morgan fingerprint density at radius 3 is 2.05 bits per heavy atom. The van der Waals surface area contributed by atoms with Crippen molar-refractivity contribution in [3.63, 3.8) is 0 Å². The van der Waals surface area contributed by atoms with Crippen LogP contribution in [0.1, 0.15) is 33.3 Å². The van der Waals surface area contributed by atoms with Crippen LogP contribution in [0.4, 0.5) is 5.69 Å². The van der Waals surface area contributed by atoms with E-state index in [4.69, 9.17) is 9.47 Å². The van der Waals surface area contributed by atoms with Crippen LogP contribution in [-0.2, 0) is 26.2 Å². The fourth-order valence-corrected chi connectivity index (χ4v) is 5.52. The number of carbonyl (C=O) groups excluding carboxylic acids is 2. The number of hydrogen-bond acceptors (Lipinski definition) is 6. The number of nitrogens with one attached hydrogen (secondary N) is 1. The molecule has 3 aromatic rings. The quantitative estimate of drug-likeness (QED) is 0.301. The lowest BCUT2D eigenvalue weighted by Crippen LogP contribution is -2.51. The van der Waals surface area contributed by atoms with Crippen molar-refractivity contribution < 1.29 is 27.5 Å². The lowest BCUT2D eigenvalue weighted by Gasteiger charge is -2.32. The van der Waals surface area contributed by atoms with E-state index in [1.165, 1.54) is 17.0 Å². The van der Waals surface area contributed by atoms with Gasteiger partial charge in [0.2, 0.25) is 11.8 Å². The number of amides is 2. The van der Waals surface area contributed by atoms with E-state index >= 15 is 0 Å². The molecule has 2 amide bonds. The van der Waals surface area contributed by atoms with Gasteiger partial charge in [-0.25, -0.2) is 8.42 Å². The van der Waals surface area contributed by atoms with Gasteiger partial charge >= 0.3 is 0 Å². The van der Waals surface area contributed by atoms with E-state index in [1.54, 1.807) is 68.6 Å². The highest BCUT2D eigenvalue weighted by Crippen LogP contribution is 2.27. The molecule has 0 aliphatic carbocycles. The standard InChI is InChI=1S/C31H39N3O6S/c1-6-40-28-18-14-26(15-19-28)34(41(37,38)29-10-8-7-9-11-29)22-30(35)33(24(4)31(36)32-20-23(2)3)21-25-12-16-27(39-5)17-13-25/h7-19,23-24H,6,20-22H2,1-5H3,(H,32,36)/t24-/m0/s1. The molecule has 0 aliphatic heterocycles. The van der Waals surface area contributed by atoms with Crippen LogP contribution in [0.15, 0.2) is 83.8 Å². The predicted octanol–water partition coefficient (Wildman–Crippen LogP) is 4.48. The smallest absolute Gasteiger partial charge is 0.264 e. The maximum absolute atomic E-state index is 14.0. The Labute approximate surface area is 243 Å². The van der Waals surface area contributed by atoms with Gasteiger partial charge in [0, 0.05) is 13.1 Å². The van der Waals surface area contributed by atoms with E-state index in [0.717, 1.165) is 9.87 Å².